The Morgan fingerprint density at radius 3 is 2.67 bits per heavy atom. The summed E-state index contributed by atoms with van der Waals surface area (Å²) in [5.74, 6) is 0.589. The smallest absolute Gasteiger partial charge is 0.330 e. The number of amides is 3. The molecule has 1 aliphatic carbocycles. The van der Waals surface area contributed by atoms with E-state index in [-0.39, 0.29) is 35.4 Å². The summed E-state index contributed by atoms with van der Waals surface area (Å²) in [6.45, 7) is 10.8. The Morgan fingerprint density at radius 1 is 1.18 bits per heavy atom. The highest BCUT2D eigenvalue weighted by molar-refractivity contribution is 7.92. The van der Waals surface area contributed by atoms with Gasteiger partial charge < -0.3 is 24.0 Å². The van der Waals surface area contributed by atoms with Crippen molar-refractivity contribution >= 4 is 39.1 Å². The van der Waals surface area contributed by atoms with Crippen LogP contribution in [0.1, 0.15) is 75.6 Å². The Hall–Kier alpha value is -3.12. The molecule has 12 heteroatoms. The zero-order chi connectivity index (χ0) is 36.1. The molecule has 4 aliphatic heterocycles. The maximum Gasteiger partial charge on any atom is 0.330 e. The quantitative estimate of drug-likeness (QED) is 0.320. The van der Waals surface area contributed by atoms with Gasteiger partial charge in [0.05, 0.1) is 49.4 Å². The molecule has 10 nitrogen and oxygen atoms in total. The number of rotatable bonds is 4. The molecule has 7 atom stereocenters. The maximum absolute atomic E-state index is 14.6. The van der Waals surface area contributed by atoms with Gasteiger partial charge in [-0.3, -0.25) is 9.52 Å². The highest BCUT2D eigenvalue weighted by Crippen LogP contribution is 2.42. The number of halogens is 1. The van der Waals surface area contributed by atoms with Gasteiger partial charge in [0.15, 0.2) is 0 Å². The summed E-state index contributed by atoms with van der Waals surface area (Å²) in [5.41, 5.74) is 3.27. The third-order valence-corrected chi connectivity index (χ3v) is 13.0. The molecule has 3 amide bonds. The first-order chi connectivity index (χ1) is 24.6. The van der Waals surface area contributed by atoms with Crippen LogP contribution in [0.3, 0.4) is 0 Å². The molecular weight excluding hydrogens is 688 g/mol. The number of ether oxygens (including phenoxy) is 3. The molecular formula is C39H53ClN4O6S. The lowest BCUT2D eigenvalue weighted by Gasteiger charge is -2.51. The summed E-state index contributed by atoms with van der Waals surface area (Å²) in [6, 6.07) is 4.73. The third-order valence-electron chi connectivity index (χ3n) is 11.0. The van der Waals surface area contributed by atoms with Gasteiger partial charge in [0.1, 0.15) is 15.7 Å². The van der Waals surface area contributed by atoms with Gasteiger partial charge in [-0.2, -0.15) is 0 Å². The molecule has 0 aromatic heterocycles. The number of allylic oxidation sites excluding steroid dienone is 4. The van der Waals surface area contributed by atoms with Crippen LogP contribution in [0.2, 0.25) is 0 Å². The summed E-state index contributed by atoms with van der Waals surface area (Å²) in [4.78, 5) is 31.6. The van der Waals surface area contributed by atoms with Crippen molar-refractivity contribution in [1.29, 1.82) is 0 Å². The number of benzene rings is 1. The van der Waals surface area contributed by atoms with E-state index in [4.69, 9.17) is 25.8 Å². The summed E-state index contributed by atoms with van der Waals surface area (Å²) < 4.78 is 39.6. The Morgan fingerprint density at radius 2 is 1.98 bits per heavy atom. The molecule has 4 heterocycles. The number of morpholine rings is 1. The van der Waals surface area contributed by atoms with Crippen LogP contribution in [0.15, 0.2) is 69.6 Å². The van der Waals surface area contributed by atoms with Gasteiger partial charge in [0.25, 0.3) is 5.91 Å². The van der Waals surface area contributed by atoms with Crippen molar-refractivity contribution in [3.05, 3.63) is 70.8 Å². The van der Waals surface area contributed by atoms with E-state index in [1.165, 1.54) is 0 Å². The Kier molecular flexibility index (Phi) is 12.3. The predicted octanol–water partition coefficient (Wildman–Crippen LogP) is 7.41. The number of methoxy groups -OCH3 is 1. The van der Waals surface area contributed by atoms with E-state index in [9.17, 15) is 13.8 Å². The van der Waals surface area contributed by atoms with E-state index < -0.39 is 21.9 Å². The largest absolute Gasteiger partial charge is 0.491 e. The molecule has 51 heavy (non-hydrogen) atoms. The predicted molar refractivity (Wildman–Crippen MR) is 203 cm³/mol. The van der Waals surface area contributed by atoms with Gasteiger partial charge in [-0.25, -0.2) is 9.00 Å². The van der Waals surface area contributed by atoms with Crippen LogP contribution in [0.4, 0.5) is 10.5 Å². The first-order valence-corrected chi connectivity index (χ1v) is 20.5. The molecule has 3 fully saturated rings. The van der Waals surface area contributed by atoms with Crippen molar-refractivity contribution in [1.82, 2.24) is 9.62 Å². The van der Waals surface area contributed by atoms with Gasteiger partial charge >= 0.3 is 6.03 Å². The van der Waals surface area contributed by atoms with Crippen molar-refractivity contribution in [2.45, 2.75) is 83.4 Å². The average Bonchev–Trinajstić information content (AvgIpc) is 3.07. The van der Waals surface area contributed by atoms with Crippen LogP contribution in [0, 0.1) is 17.8 Å². The number of nitrogens with zero attached hydrogens (tertiary/aromatic N) is 3. The maximum atomic E-state index is 14.6. The third kappa shape index (κ3) is 8.92. The Bertz CT molecular complexity index is 1680. The minimum absolute atomic E-state index is 0.0299. The second-order valence-electron chi connectivity index (χ2n) is 14.8. The average molecular weight is 741 g/mol. The van der Waals surface area contributed by atoms with Crippen LogP contribution in [0.5, 0.6) is 5.75 Å². The van der Waals surface area contributed by atoms with Crippen LogP contribution >= 0.6 is 11.6 Å². The van der Waals surface area contributed by atoms with Gasteiger partial charge in [0.2, 0.25) is 0 Å². The SMILES string of the molecule is C=C/C1=C(\C=C(/C)Cl)CCCCCOc2ccc3cc2N(C1)C[C@@H]1CC[C@H]1[C@@H](OC)/C=C/C[C@H](C)C[S@@](=O)(NC(=O)N1C2COCC1C2)=NC3=O. The Labute approximate surface area is 308 Å². The van der Waals surface area contributed by atoms with Crippen LogP contribution in [-0.2, 0) is 19.4 Å². The molecule has 5 aliphatic rings. The van der Waals surface area contributed by atoms with E-state index in [2.05, 4.69) is 32.7 Å². The Balaban J connectivity index is 1.44. The van der Waals surface area contributed by atoms with E-state index in [1.54, 1.807) is 18.1 Å². The number of hydrogen-bond donors (Lipinski definition) is 1. The zero-order valence-electron chi connectivity index (χ0n) is 30.2. The number of urea groups is 1. The minimum atomic E-state index is -3.50. The number of carbonyl (C=O) groups excluding carboxylic acids is 2. The lowest BCUT2D eigenvalue weighted by molar-refractivity contribution is -0.0985. The van der Waals surface area contributed by atoms with Crippen molar-refractivity contribution in [3.63, 3.8) is 0 Å². The second kappa shape index (κ2) is 16.7. The topological polar surface area (TPSA) is 110 Å². The normalized spacial score (nSPS) is 34.2. The number of carbonyl (C=O) groups is 2. The molecule has 0 spiro atoms. The van der Waals surface area contributed by atoms with Crippen molar-refractivity contribution in [2.75, 3.05) is 50.7 Å². The molecule has 278 valence electrons. The monoisotopic (exact) mass is 740 g/mol. The first-order valence-electron chi connectivity index (χ1n) is 18.4. The van der Waals surface area contributed by atoms with E-state index in [0.29, 0.717) is 61.9 Å². The van der Waals surface area contributed by atoms with Crippen LogP contribution < -0.4 is 14.4 Å². The fourth-order valence-corrected chi connectivity index (χ4v) is 10.1. The summed E-state index contributed by atoms with van der Waals surface area (Å²) in [7, 11) is -1.74. The molecule has 2 unspecified atom stereocenters. The van der Waals surface area contributed by atoms with Crippen LogP contribution in [0.25, 0.3) is 0 Å². The van der Waals surface area contributed by atoms with E-state index >= 15 is 0 Å². The fraction of sp³-hybridized carbons (Fsp3) is 0.590. The van der Waals surface area contributed by atoms with Gasteiger partial charge in [-0.05, 0) is 111 Å². The van der Waals surface area contributed by atoms with E-state index in [1.807, 2.05) is 38.1 Å². The number of hydrogen-bond acceptors (Lipinski definition) is 7. The van der Waals surface area contributed by atoms with Gasteiger partial charge in [-0.1, -0.05) is 43.3 Å². The first kappa shape index (κ1) is 37.6. The molecule has 2 saturated heterocycles. The standard InChI is InChI=1S/C39H53ClN4O6S/c1-5-28-21-43-22-31-13-15-34(31)36(48-4)12-9-10-26(2)25-51(47,42-39(46)44-32-20-33(44)24-49-23-32)41-38(45)30-14-16-37(35(43)19-30)50-17-8-6-7-11-29(28)18-27(3)40/h5,9,12,14,16,18-19,26,31-34,36H,1,6-8,10-11,13,15,17,20-25H2,2-4H3,(H,41,42,45,46,47)/b12-9+,27-18+,29-28+/t26-,31-,32?,33?,34+,36-,51-/m0/s1. The fourth-order valence-electron chi connectivity index (χ4n) is 8.09. The minimum Gasteiger partial charge on any atom is -0.491 e. The zero-order valence-corrected chi connectivity index (χ0v) is 31.8. The molecule has 1 N–H and O–H groups in total. The molecule has 4 bridgehead atoms. The number of anilines is 1. The molecule has 0 radical (unpaired) electrons. The number of nitrogens with one attached hydrogen (secondary N) is 1. The van der Waals surface area contributed by atoms with Crippen molar-refractivity contribution in [3.8, 4) is 5.75 Å². The van der Waals surface area contributed by atoms with Gasteiger partial charge in [0, 0.05) is 30.8 Å². The summed E-state index contributed by atoms with van der Waals surface area (Å²) in [5, 5.41) is 0.715. The lowest BCUT2D eigenvalue weighted by Crippen LogP contribution is -2.68. The molecule has 1 saturated carbocycles. The van der Waals surface area contributed by atoms with Crippen LogP contribution in [-0.4, -0.2) is 85.0 Å². The highest BCUT2D eigenvalue weighted by Gasteiger charge is 2.46. The molecule has 1 aromatic rings. The van der Waals surface area contributed by atoms with Crippen molar-refractivity contribution < 1.29 is 28.0 Å². The molecule has 6 rings (SSSR count). The molecule has 1 aromatic carbocycles. The summed E-state index contributed by atoms with van der Waals surface area (Å²) >= 11 is 6.44. The highest BCUT2D eigenvalue weighted by atomic mass is 35.5. The van der Waals surface area contributed by atoms with Crippen molar-refractivity contribution in [2.24, 2.45) is 22.1 Å². The summed E-state index contributed by atoms with van der Waals surface area (Å²) in [6.07, 6.45) is 15.4. The van der Waals surface area contributed by atoms with Gasteiger partial charge in [-0.15, -0.1) is 4.36 Å². The van der Waals surface area contributed by atoms with E-state index in [0.717, 1.165) is 61.8 Å². The number of fused-ring (bicyclic) bond motifs is 4. The second-order valence-corrected chi connectivity index (χ2v) is 17.4. The lowest BCUT2D eigenvalue weighted by atomic mass is 9.70.